The van der Waals surface area contributed by atoms with Crippen LogP contribution in [0.25, 0.3) is 11.0 Å². The fourth-order valence-electron chi connectivity index (χ4n) is 4.06. The van der Waals surface area contributed by atoms with Gasteiger partial charge >= 0.3 is 5.69 Å². The van der Waals surface area contributed by atoms with E-state index < -0.39 is 16.5 Å². The van der Waals surface area contributed by atoms with Gasteiger partial charge in [0.05, 0.1) is 5.25 Å². The third-order valence-electron chi connectivity index (χ3n) is 5.76. The van der Waals surface area contributed by atoms with Crippen molar-refractivity contribution in [3.8, 4) is 0 Å². The minimum absolute atomic E-state index is 0.0627. The van der Waals surface area contributed by atoms with E-state index in [1.807, 2.05) is 20.8 Å². The van der Waals surface area contributed by atoms with Gasteiger partial charge in [0.25, 0.3) is 5.56 Å². The molecule has 0 spiro atoms. The van der Waals surface area contributed by atoms with Crippen LogP contribution < -0.4 is 16.6 Å². The van der Waals surface area contributed by atoms with Crippen LogP contribution in [0.3, 0.4) is 0 Å². The minimum Gasteiger partial charge on any atom is -0.355 e. The monoisotopic (exact) mass is 447 g/mol. The maximum Gasteiger partial charge on any atom is 0.332 e. The first-order chi connectivity index (χ1) is 14.7. The number of thioether (sulfide) groups is 1. The average molecular weight is 448 g/mol. The molecule has 31 heavy (non-hydrogen) atoms. The lowest BCUT2D eigenvalue weighted by atomic mass is 9.89. The van der Waals surface area contributed by atoms with Gasteiger partial charge in [-0.15, -0.1) is 0 Å². The summed E-state index contributed by atoms with van der Waals surface area (Å²) in [4.78, 5) is 47.3. The van der Waals surface area contributed by atoms with Crippen molar-refractivity contribution in [2.24, 2.45) is 18.9 Å². The van der Waals surface area contributed by atoms with Crippen LogP contribution in [0, 0.1) is 18.8 Å². The van der Waals surface area contributed by atoms with Gasteiger partial charge in [0.1, 0.15) is 16.2 Å². The molecule has 0 aromatic carbocycles. The molecule has 0 unspecified atom stereocenters. The molecular formula is C22H33N5O3S. The zero-order valence-corrected chi connectivity index (χ0v) is 19.9. The zero-order chi connectivity index (χ0) is 22.7. The van der Waals surface area contributed by atoms with E-state index in [0.717, 1.165) is 4.57 Å². The predicted octanol–water partition coefficient (Wildman–Crippen LogP) is 2.63. The fraction of sp³-hybridized carbons (Fsp3) is 0.682. The first kappa shape index (κ1) is 23.5. The van der Waals surface area contributed by atoms with Gasteiger partial charge in [-0.2, -0.15) is 0 Å². The number of aryl methyl sites for hydroxylation is 1. The Morgan fingerprint density at radius 2 is 1.84 bits per heavy atom. The van der Waals surface area contributed by atoms with Gasteiger partial charge in [0, 0.05) is 20.1 Å². The van der Waals surface area contributed by atoms with Crippen molar-refractivity contribution in [3.05, 3.63) is 26.7 Å². The summed E-state index contributed by atoms with van der Waals surface area (Å²) in [5, 5.41) is 3.39. The Morgan fingerprint density at radius 1 is 1.16 bits per heavy atom. The van der Waals surface area contributed by atoms with Crippen LogP contribution in [-0.2, 0) is 18.4 Å². The van der Waals surface area contributed by atoms with Gasteiger partial charge in [-0.25, -0.2) is 14.8 Å². The van der Waals surface area contributed by atoms with E-state index in [2.05, 4.69) is 15.3 Å². The number of hydrogen-bond acceptors (Lipinski definition) is 6. The number of fused-ring (bicyclic) bond motifs is 1. The van der Waals surface area contributed by atoms with E-state index in [0.29, 0.717) is 40.9 Å². The number of amides is 1. The first-order valence-electron chi connectivity index (χ1n) is 11.1. The van der Waals surface area contributed by atoms with E-state index in [4.69, 9.17) is 0 Å². The van der Waals surface area contributed by atoms with Gasteiger partial charge < -0.3 is 5.32 Å². The number of nitrogens with zero attached hydrogens (tertiary/aromatic N) is 4. The molecule has 1 atom stereocenters. The normalized spacial score (nSPS) is 16.1. The molecule has 2 aromatic rings. The van der Waals surface area contributed by atoms with E-state index in [9.17, 15) is 14.4 Å². The highest BCUT2D eigenvalue weighted by molar-refractivity contribution is 8.00. The largest absolute Gasteiger partial charge is 0.355 e. The first-order valence-corrected chi connectivity index (χ1v) is 12.0. The molecule has 1 aliphatic rings. The smallest absolute Gasteiger partial charge is 0.332 e. The van der Waals surface area contributed by atoms with Crippen molar-refractivity contribution in [2.45, 2.75) is 76.6 Å². The standard InChI is InChI=1S/C22H33N5O3S/c1-13(2)12-27-18-17(21(29)26(5)22(27)30)20(25-15(4)24-18)31-14(3)19(28)23-11-16-9-7-6-8-10-16/h13-14,16H,6-12H2,1-5H3,(H,23,28)/t14-/m1/s1. The van der Waals surface area contributed by atoms with E-state index in [1.165, 1.54) is 55.5 Å². The molecule has 2 aromatic heterocycles. The van der Waals surface area contributed by atoms with Crippen molar-refractivity contribution < 1.29 is 4.79 Å². The Bertz CT molecular complexity index is 1070. The third-order valence-corrected chi connectivity index (χ3v) is 6.84. The molecule has 1 amide bonds. The van der Waals surface area contributed by atoms with E-state index in [1.54, 1.807) is 6.92 Å². The van der Waals surface area contributed by atoms with Crippen LogP contribution >= 0.6 is 11.8 Å². The van der Waals surface area contributed by atoms with Crippen LogP contribution in [0.4, 0.5) is 0 Å². The lowest BCUT2D eigenvalue weighted by Crippen LogP contribution is -2.40. The maximum absolute atomic E-state index is 13.0. The fourth-order valence-corrected chi connectivity index (χ4v) is 5.06. The zero-order valence-electron chi connectivity index (χ0n) is 19.1. The van der Waals surface area contributed by atoms with Gasteiger partial charge in [-0.3, -0.25) is 18.7 Å². The number of carbonyl (C=O) groups excluding carboxylic acids is 1. The summed E-state index contributed by atoms with van der Waals surface area (Å²) >= 11 is 1.25. The molecule has 1 saturated carbocycles. The predicted molar refractivity (Wildman–Crippen MR) is 124 cm³/mol. The Labute approximate surface area is 186 Å². The Balaban J connectivity index is 1.90. The van der Waals surface area contributed by atoms with Crippen molar-refractivity contribution >= 4 is 28.7 Å². The number of nitrogens with one attached hydrogen (secondary N) is 1. The number of aromatic nitrogens is 4. The summed E-state index contributed by atoms with van der Waals surface area (Å²) in [5.74, 6) is 1.16. The molecule has 8 nitrogen and oxygen atoms in total. The summed E-state index contributed by atoms with van der Waals surface area (Å²) in [6.07, 6.45) is 6.09. The van der Waals surface area contributed by atoms with E-state index in [-0.39, 0.29) is 11.8 Å². The van der Waals surface area contributed by atoms with Crippen molar-refractivity contribution in [2.75, 3.05) is 6.54 Å². The summed E-state index contributed by atoms with van der Waals surface area (Å²) in [7, 11) is 1.47. The highest BCUT2D eigenvalue weighted by Crippen LogP contribution is 2.27. The van der Waals surface area contributed by atoms with Gasteiger partial charge in [-0.05, 0) is 38.5 Å². The van der Waals surface area contributed by atoms with Crippen LogP contribution in [0.5, 0.6) is 0 Å². The van der Waals surface area contributed by atoms with Crippen molar-refractivity contribution in [3.63, 3.8) is 0 Å². The number of hydrogen-bond donors (Lipinski definition) is 1. The SMILES string of the molecule is Cc1nc(S[C@H](C)C(=O)NCC2CCCCC2)c2c(=O)n(C)c(=O)n(CC(C)C)c2n1. The molecule has 0 saturated heterocycles. The average Bonchev–Trinajstić information content (AvgIpc) is 2.73. The maximum atomic E-state index is 13.0. The molecule has 2 heterocycles. The molecule has 1 N–H and O–H groups in total. The number of rotatable bonds is 7. The lowest BCUT2D eigenvalue weighted by molar-refractivity contribution is -0.120. The molecular weight excluding hydrogens is 414 g/mol. The second kappa shape index (κ2) is 9.97. The van der Waals surface area contributed by atoms with Crippen LogP contribution in [0.2, 0.25) is 0 Å². The van der Waals surface area contributed by atoms with Gasteiger partial charge in [0.2, 0.25) is 5.91 Å². The highest BCUT2D eigenvalue weighted by Gasteiger charge is 2.23. The summed E-state index contributed by atoms with van der Waals surface area (Å²) < 4.78 is 2.63. The van der Waals surface area contributed by atoms with Crippen molar-refractivity contribution in [1.29, 1.82) is 0 Å². The Kier molecular flexibility index (Phi) is 7.56. The number of carbonyl (C=O) groups is 1. The Hall–Kier alpha value is -2.16. The lowest BCUT2D eigenvalue weighted by Gasteiger charge is -2.22. The minimum atomic E-state index is -0.433. The molecule has 0 radical (unpaired) electrons. The second-order valence-electron chi connectivity index (χ2n) is 8.94. The summed E-state index contributed by atoms with van der Waals surface area (Å²) in [6, 6.07) is 0. The molecule has 3 rings (SSSR count). The molecule has 170 valence electrons. The van der Waals surface area contributed by atoms with Crippen LogP contribution in [-0.4, -0.2) is 36.8 Å². The van der Waals surface area contributed by atoms with Gasteiger partial charge in [-0.1, -0.05) is 44.9 Å². The molecule has 1 fully saturated rings. The summed E-state index contributed by atoms with van der Waals surface area (Å²) in [6.45, 7) is 8.71. The van der Waals surface area contributed by atoms with Crippen molar-refractivity contribution in [1.82, 2.24) is 24.4 Å². The second-order valence-corrected chi connectivity index (χ2v) is 10.3. The Morgan fingerprint density at radius 3 is 2.48 bits per heavy atom. The van der Waals surface area contributed by atoms with Crippen LogP contribution in [0.15, 0.2) is 14.6 Å². The molecule has 0 bridgehead atoms. The van der Waals surface area contributed by atoms with E-state index >= 15 is 0 Å². The molecule has 9 heteroatoms. The third kappa shape index (κ3) is 5.37. The van der Waals surface area contributed by atoms with Crippen LogP contribution in [0.1, 0.15) is 58.7 Å². The van der Waals surface area contributed by atoms with Gasteiger partial charge in [0.15, 0.2) is 5.65 Å². The molecule has 0 aliphatic heterocycles. The topological polar surface area (TPSA) is 98.9 Å². The quantitative estimate of drug-likeness (QED) is 0.517. The summed E-state index contributed by atoms with van der Waals surface area (Å²) in [5.41, 5.74) is -0.484. The highest BCUT2D eigenvalue weighted by atomic mass is 32.2. The molecule has 1 aliphatic carbocycles.